The lowest BCUT2D eigenvalue weighted by Gasteiger charge is -2.16. The van der Waals surface area contributed by atoms with E-state index in [0.717, 1.165) is 27.3 Å². The average molecular weight is 568 g/mol. The molecule has 0 amide bonds. The molecule has 5 rings (SSSR count). The van der Waals surface area contributed by atoms with Crippen molar-refractivity contribution < 1.29 is 13.9 Å². The van der Waals surface area contributed by atoms with Crippen molar-refractivity contribution in [1.29, 1.82) is 0 Å². The van der Waals surface area contributed by atoms with Crippen molar-refractivity contribution in [2.75, 3.05) is 11.9 Å². The summed E-state index contributed by atoms with van der Waals surface area (Å²) in [4.78, 5) is 4.77. The first kappa shape index (κ1) is 26.3. The van der Waals surface area contributed by atoms with Gasteiger partial charge >= 0.3 is 0 Å². The zero-order chi connectivity index (χ0) is 26.6. The van der Waals surface area contributed by atoms with Gasteiger partial charge in [0, 0.05) is 34.4 Å². The minimum absolute atomic E-state index is 0.0415. The molecule has 0 bridgehead atoms. The van der Waals surface area contributed by atoms with Crippen LogP contribution in [0.5, 0.6) is 11.5 Å². The highest BCUT2D eigenvalue weighted by Crippen LogP contribution is 2.36. The predicted octanol–water partition coefficient (Wildman–Crippen LogP) is 9.31. The van der Waals surface area contributed by atoms with Gasteiger partial charge in [0.2, 0.25) is 0 Å². The monoisotopic (exact) mass is 566 g/mol. The SMILES string of the molecule is CCOc1cc(CNc2ccc(-c3nc4ccc(C)cc4s3)cc2)c(Cl)cc1OCc1c(F)cccc1Cl. The zero-order valence-electron chi connectivity index (χ0n) is 20.9. The number of fused-ring (bicyclic) bond motifs is 1. The highest BCUT2D eigenvalue weighted by Gasteiger charge is 2.14. The summed E-state index contributed by atoms with van der Waals surface area (Å²) >= 11 is 14.4. The molecule has 0 fully saturated rings. The third-order valence-corrected chi connectivity index (χ3v) is 7.78. The summed E-state index contributed by atoms with van der Waals surface area (Å²) in [6.45, 7) is 4.86. The quantitative estimate of drug-likeness (QED) is 0.193. The summed E-state index contributed by atoms with van der Waals surface area (Å²) in [6.07, 6.45) is 0. The molecule has 1 N–H and O–H groups in total. The van der Waals surface area contributed by atoms with Crippen LogP contribution in [0.15, 0.2) is 72.8 Å². The molecular weight excluding hydrogens is 542 g/mol. The standard InChI is InChI=1S/C30H25Cl2FN2O2S/c1-3-36-27-14-20(24(32)15-28(27)37-17-22-23(31)5-4-6-25(22)33)16-34-21-10-8-19(9-11-21)30-35-26-12-7-18(2)13-29(26)38-30/h4-15,34H,3,16-17H2,1-2H3. The number of aromatic nitrogens is 1. The number of anilines is 1. The molecule has 5 aromatic rings. The number of halogens is 3. The number of nitrogens with one attached hydrogen (secondary N) is 1. The Morgan fingerprint density at radius 1 is 0.921 bits per heavy atom. The second-order valence-electron chi connectivity index (χ2n) is 8.73. The molecule has 0 saturated heterocycles. The molecule has 0 unspecified atom stereocenters. The molecule has 0 aliphatic carbocycles. The molecule has 0 atom stereocenters. The summed E-state index contributed by atoms with van der Waals surface area (Å²) in [6, 6.07) is 22.5. The Hall–Kier alpha value is -3.32. The van der Waals surface area contributed by atoms with Gasteiger partial charge in [0.1, 0.15) is 17.4 Å². The summed E-state index contributed by atoms with van der Waals surface area (Å²) < 4.78 is 27.0. The predicted molar refractivity (Wildman–Crippen MR) is 155 cm³/mol. The fourth-order valence-corrected chi connectivity index (χ4v) is 5.50. The molecule has 0 saturated carbocycles. The van der Waals surface area contributed by atoms with Gasteiger partial charge in [-0.2, -0.15) is 0 Å². The summed E-state index contributed by atoms with van der Waals surface area (Å²) in [7, 11) is 0. The van der Waals surface area contributed by atoms with E-state index in [0.29, 0.717) is 34.7 Å². The van der Waals surface area contributed by atoms with Crippen LogP contribution in [-0.4, -0.2) is 11.6 Å². The molecule has 1 aromatic heterocycles. The Morgan fingerprint density at radius 3 is 2.47 bits per heavy atom. The third-order valence-electron chi connectivity index (χ3n) is 6.01. The number of thiazole rings is 1. The van der Waals surface area contributed by atoms with E-state index in [1.807, 2.05) is 25.1 Å². The second kappa shape index (κ2) is 11.6. The van der Waals surface area contributed by atoms with Crippen LogP contribution in [0.2, 0.25) is 10.0 Å². The van der Waals surface area contributed by atoms with Crippen molar-refractivity contribution in [1.82, 2.24) is 4.98 Å². The van der Waals surface area contributed by atoms with Gasteiger partial charge < -0.3 is 14.8 Å². The van der Waals surface area contributed by atoms with E-state index in [-0.39, 0.29) is 12.2 Å². The first-order chi connectivity index (χ1) is 18.4. The first-order valence-corrected chi connectivity index (χ1v) is 13.7. The minimum Gasteiger partial charge on any atom is -0.490 e. The molecule has 0 aliphatic rings. The van der Waals surface area contributed by atoms with E-state index in [9.17, 15) is 4.39 Å². The van der Waals surface area contributed by atoms with Crippen LogP contribution >= 0.6 is 34.5 Å². The number of hydrogen-bond donors (Lipinski definition) is 1. The largest absolute Gasteiger partial charge is 0.490 e. The molecule has 38 heavy (non-hydrogen) atoms. The Morgan fingerprint density at radius 2 is 1.71 bits per heavy atom. The van der Waals surface area contributed by atoms with Crippen LogP contribution in [-0.2, 0) is 13.2 Å². The van der Waals surface area contributed by atoms with E-state index >= 15 is 0 Å². The summed E-state index contributed by atoms with van der Waals surface area (Å²) in [5.74, 6) is 0.532. The fraction of sp³-hybridized carbons (Fsp3) is 0.167. The van der Waals surface area contributed by atoms with E-state index in [1.54, 1.807) is 29.5 Å². The van der Waals surface area contributed by atoms with Crippen LogP contribution in [0.4, 0.5) is 10.1 Å². The number of rotatable bonds is 9. The number of hydrogen-bond acceptors (Lipinski definition) is 5. The maximum atomic E-state index is 14.2. The van der Waals surface area contributed by atoms with E-state index in [1.165, 1.54) is 16.3 Å². The van der Waals surface area contributed by atoms with Crippen LogP contribution < -0.4 is 14.8 Å². The average Bonchev–Trinajstić information content (AvgIpc) is 3.32. The van der Waals surface area contributed by atoms with E-state index in [2.05, 4.69) is 42.6 Å². The number of nitrogens with zero attached hydrogens (tertiary/aromatic N) is 1. The molecule has 194 valence electrons. The van der Waals surface area contributed by atoms with Crippen molar-refractivity contribution in [3.05, 3.63) is 105 Å². The van der Waals surface area contributed by atoms with Crippen molar-refractivity contribution >= 4 is 50.4 Å². The lowest BCUT2D eigenvalue weighted by atomic mass is 10.1. The van der Waals surface area contributed by atoms with Crippen molar-refractivity contribution in [2.24, 2.45) is 0 Å². The Labute approximate surface area is 235 Å². The Balaban J connectivity index is 1.28. The van der Waals surface area contributed by atoms with E-state index in [4.69, 9.17) is 37.7 Å². The summed E-state index contributed by atoms with van der Waals surface area (Å²) in [5.41, 5.74) is 5.39. The van der Waals surface area contributed by atoms with Gasteiger partial charge in [0.05, 0.1) is 21.8 Å². The third kappa shape index (κ3) is 5.88. The van der Waals surface area contributed by atoms with Gasteiger partial charge in [-0.15, -0.1) is 11.3 Å². The van der Waals surface area contributed by atoms with Crippen LogP contribution in [0.1, 0.15) is 23.6 Å². The summed E-state index contributed by atoms with van der Waals surface area (Å²) in [5, 5.41) is 5.22. The molecule has 0 radical (unpaired) electrons. The Kier molecular flexibility index (Phi) is 8.03. The number of aryl methyl sites for hydroxylation is 1. The zero-order valence-corrected chi connectivity index (χ0v) is 23.2. The highest BCUT2D eigenvalue weighted by molar-refractivity contribution is 7.21. The van der Waals surface area contributed by atoms with Crippen LogP contribution in [0, 0.1) is 12.7 Å². The lowest BCUT2D eigenvalue weighted by Crippen LogP contribution is -2.05. The van der Waals surface area contributed by atoms with Gasteiger partial charge in [0.25, 0.3) is 0 Å². The highest BCUT2D eigenvalue weighted by atomic mass is 35.5. The maximum Gasteiger partial charge on any atom is 0.163 e. The second-order valence-corrected chi connectivity index (χ2v) is 10.6. The molecular formula is C30H25Cl2FN2O2S. The molecule has 0 spiro atoms. The topological polar surface area (TPSA) is 43.4 Å². The van der Waals surface area contributed by atoms with Crippen molar-refractivity contribution in [3.8, 4) is 22.1 Å². The van der Waals surface area contributed by atoms with Crippen molar-refractivity contribution in [3.63, 3.8) is 0 Å². The van der Waals surface area contributed by atoms with Crippen LogP contribution in [0.25, 0.3) is 20.8 Å². The lowest BCUT2D eigenvalue weighted by molar-refractivity contribution is 0.265. The van der Waals surface area contributed by atoms with Gasteiger partial charge in [-0.1, -0.05) is 35.3 Å². The smallest absolute Gasteiger partial charge is 0.163 e. The normalized spacial score (nSPS) is 11.1. The molecule has 4 aromatic carbocycles. The van der Waals surface area contributed by atoms with Crippen LogP contribution in [0.3, 0.4) is 0 Å². The molecule has 1 heterocycles. The minimum atomic E-state index is -0.424. The van der Waals surface area contributed by atoms with Gasteiger partial charge in [-0.05, 0) is 79.6 Å². The van der Waals surface area contributed by atoms with Crippen molar-refractivity contribution in [2.45, 2.75) is 27.0 Å². The fourth-order valence-electron chi connectivity index (χ4n) is 4.00. The maximum absolute atomic E-state index is 14.2. The molecule has 4 nitrogen and oxygen atoms in total. The molecule has 0 aliphatic heterocycles. The van der Waals surface area contributed by atoms with Gasteiger partial charge in [0.15, 0.2) is 11.5 Å². The molecule has 8 heteroatoms. The van der Waals surface area contributed by atoms with Gasteiger partial charge in [-0.3, -0.25) is 0 Å². The number of benzene rings is 4. The van der Waals surface area contributed by atoms with Gasteiger partial charge in [-0.25, -0.2) is 9.37 Å². The van der Waals surface area contributed by atoms with E-state index < -0.39 is 5.82 Å². The Bertz CT molecular complexity index is 1570. The number of ether oxygens (including phenoxy) is 2. The first-order valence-electron chi connectivity index (χ1n) is 12.1.